The van der Waals surface area contributed by atoms with Gasteiger partial charge in [-0.2, -0.15) is 9.29 Å². The van der Waals surface area contributed by atoms with Crippen LogP contribution in [0.5, 0.6) is 0 Å². The highest BCUT2D eigenvalue weighted by Crippen LogP contribution is 2.37. The number of aromatic nitrogens is 2. The molecule has 0 spiro atoms. The van der Waals surface area contributed by atoms with Crippen LogP contribution in [0.2, 0.25) is 5.02 Å². The van der Waals surface area contributed by atoms with Gasteiger partial charge >= 0.3 is 0 Å². The van der Waals surface area contributed by atoms with Gasteiger partial charge in [-0.1, -0.05) is 29.6 Å². The van der Waals surface area contributed by atoms with E-state index in [1.807, 2.05) is 0 Å². The van der Waals surface area contributed by atoms with E-state index in [9.17, 15) is 8.42 Å². The van der Waals surface area contributed by atoms with Crippen molar-refractivity contribution in [1.82, 2.24) is 14.4 Å². The molecule has 1 aromatic carbocycles. The maximum atomic E-state index is 12.7. The molecular weight excluding hydrogens is 376 g/mol. The molecule has 9 heteroatoms. The molecule has 1 aliphatic carbocycles. The van der Waals surface area contributed by atoms with Gasteiger partial charge in [-0.25, -0.2) is 8.42 Å². The SMILES string of the molecule is CC(C)N(C)S(=O)(=O)c1ccc(Cl)c(-c2nc(C3(N)CCCC3)no2)c1. The maximum Gasteiger partial charge on any atom is 0.259 e. The lowest BCUT2D eigenvalue weighted by Crippen LogP contribution is -2.34. The highest BCUT2D eigenvalue weighted by molar-refractivity contribution is 7.89. The first-order valence-electron chi connectivity index (χ1n) is 8.56. The minimum absolute atomic E-state index is 0.121. The molecule has 0 aliphatic heterocycles. The predicted molar refractivity (Wildman–Crippen MR) is 99.2 cm³/mol. The normalized spacial score (nSPS) is 17.3. The molecular formula is C17H23ClN4O3S. The average Bonchev–Trinajstić information content (AvgIpc) is 3.24. The van der Waals surface area contributed by atoms with Crippen molar-refractivity contribution in [2.45, 2.75) is 56.0 Å². The Bertz CT molecular complexity index is 904. The molecule has 2 N–H and O–H groups in total. The standard InChI is InChI=1S/C17H23ClN4O3S/c1-11(2)22(3)26(23,24)12-6-7-14(18)13(10-12)15-20-16(21-25-15)17(19)8-4-5-9-17/h6-7,10-11H,4-5,8-9,19H2,1-3H3. The van der Waals surface area contributed by atoms with E-state index in [1.54, 1.807) is 13.8 Å². The zero-order chi connectivity index (χ0) is 19.1. The van der Waals surface area contributed by atoms with Gasteiger partial charge in [0.15, 0.2) is 5.82 Å². The van der Waals surface area contributed by atoms with Crippen molar-refractivity contribution in [2.24, 2.45) is 5.73 Å². The van der Waals surface area contributed by atoms with Crippen molar-refractivity contribution in [3.05, 3.63) is 29.0 Å². The second-order valence-corrected chi connectivity index (χ2v) is 9.45. The van der Waals surface area contributed by atoms with Gasteiger partial charge in [0.2, 0.25) is 10.0 Å². The van der Waals surface area contributed by atoms with E-state index in [-0.39, 0.29) is 16.8 Å². The molecule has 1 aromatic heterocycles. The molecule has 1 aliphatic rings. The lowest BCUT2D eigenvalue weighted by molar-refractivity contribution is 0.372. The van der Waals surface area contributed by atoms with Crippen LogP contribution in [0.3, 0.4) is 0 Å². The second-order valence-electron chi connectivity index (χ2n) is 7.04. The number of halogens is 1. The summed E-state index contributed by atoms with van der Waals surface area (Å²) in [6, 6.07) is 4.29. The average molecular weight is 399 g/mol. The molecule has 2 aromatic rings. The van der Waals surface area contributed by atoms with Crippen LogP contribution in [0.4, 0.5) is 0 Å². The number of sulfonamides is 1. The number of rotatable bonds is 5. The lowest BCUT2D eigenvalue weighted by Gasteiger charge is -2.21. The summed E-state index contributed by atoms with van der Waals surface area (Å²) in [5.74, 6) is 0.611. The smallest absolute Gasteiger partial charge is 0.259 e. The van der Waals surface area contributed by atoms with Gasteiger partial charge in [0.05, 0.1) is 21.0 Å². The van der Waals surface area contributed by atoms with Crippen LogP contribution in [0.15, 0.2) is 27.6 Å². The third-order valence-electron chi connectivity index (χ3n) is 4.94. The third kappa shape index (κ3) is 3.38. The van der Waals surface area contributed by atoms with Gasteiger partial charge in [-0.15, -0.1) is 0 Å². The first-order chi connectivity index (χ1) is 12.1. The fourth-order valence-corrected chi connectivity index (χ4v) is 4.63. The molecule has 0 bridgehead atoms. The summed E-state index contributed by atoms with van der Waals surface area (Å²) in [5, 5.41) is 4.35. The Morgan fingerprint density at radius 2 is 1.96 bits per heavy atom. The molecule has 1 fully saturated rings. The highest BCUT2D eigenvalue weighted by atomic mass is 35.5. The van der Waals surface area contributed by atoms with Crippen molar-refractivity contribution in [3.8, 4) is 11.5 Å². The predicted octanol–water partition coefficient (Wildman–Crippen LogP) is 3.15. The minimum atomic E-state index is -3.65. The van der Waals surface area contributed by atoms with Crippen LogP contribution in [-0.2, 0) is 15.6 Å². The monoisotopic (exact) mass is 398 g/mol. The fourth-order valence-electron chi connectivity index (χ4n) is 3.04. The molecule has 0 atom stereocenters. The molecule has 26 heavy (non-hydrogen) atoms. The Balaban J connectivity index is 2.01. The van der Waals surface area contributed by atoms with Crippen molar-refractivity contribution in [1.29, 1.82) is 0 Å². The number of nitrogens with zero attached hydrogens (tertiary/aromatic N) is 3. The zero-order valence-corrected chi connectivity index (χ0v) is 16.6. The summed E-state index contributed by atoms with van der Waals surface area (Å²) in [6.45, 7) is 3.61. The number of benzene rings is 1. The van der Waals surface area contributed by atoms with Crippen LogP contribution in [0, 0.1) is 0 Å². The molecule has 142 valence electrons. The first kappa shape index (κ1) is 19.3. The van der Waals surface area contributed by atoms with Crippen molar-refractivity contribution >= 4 is 21.6 Å². The summed E-state index contributed by atoms with van der Waals surface area (Å²) in [5.41, 5.74) is 6.15. The first-order valence-corrected chi connectivity index (χ1v) is 10.4. The second kappa shape index (κ2) is 6.92. The van der Waals surface area contributed by atoms with Crippen LogP contribution < -0.4 is 5.73 Å². The quantitative estimate of drug-likeness (QED) is 0.829. The number of nitrogens with two attached hydrogens (primary N) is 1. The highest BCUT2D eigenvalue weighted by Gasteiger charge is 2.36. The van der Waals surface area contributed by atoms with Gasteiger partial charge in [0.1, 0.15) is 0 Å². The number of hydrogen-bond acceptors (Lipinski definition) is 6. The largest absolute Gasteiger partial charge is 0.334 e. The van der Waals surface area contributed by atoms with Crippen LogP contribution in [0.25, 0.3) is 11.5 Å². The van der Waals surface area contributed by atoms with Crippen molar-refractivity contribution in [2.75, 3.05) is 7.05 Å². The Morgan fingerprint density at radius 3 is 2.58 bits per heavy atom. The zero-order valence-electron chi connectivity index (χ0n) is 15.1. The molecule has 0 unspecified atom stereocenters. The Morgan fingerprint density at radius 1 is 1.31 bits per heavy atom. The van der Waals surface area contributed by atoms with Gasteiger partial charge in [-0.05, 0) is 44.9 Å². The Hall–Kier alpha value is -1.48. The third-order valence-corrected chi connectivity index (χ3v) is 7.30. The summed E-state index contributed by atoms with van der Waals surface area (Å²) >= 11 is 6.26. The van der Waals surface area contributed by atoms with E-state index in [0.717, 1.165) is 25.7 Å². The van der Waals surface area contributed by atoms with E-state index in [0.29, 0.717) is 16.4 Å². The Kier molecular flexibility index (Phi) is 5.13. The summed E-state index contributed by atoms with van der Waals surface area (Å²) in [4.78, 5) is 4.52. The molecule has 1 heterocycles. The topological polar surface area (TPSA) is 102 Å². The van der Waals surface area contributed by atoms with E-state index in [1.165, 1.54) is 29.6 Å². The van der Waals surface area contributed by atoms with E-state index in [2.05, 4.69) is 10.1 Å². The number of hydrogen-bond donors (Lipinski definition) is 1. The lowest BCUT2D eigenvalue weighted by atomic mass is 9.99. The van der Waals surface area contributed by atoms with Crippen LogP contribution in [0.1, 0.15) is 45.4 Å². The molecule has 7 nitrogen and oxygen atoms in total. The van der Waals surface area contributed by atoms with E-state index in [4.69, 9.17) is 21.9 Å². The minimum Gasteiger partial charge on any atom is -0.334 e. The van der Waals surface area contributed by atoms with E-state index >= 15 is 0 Å². The van der Waals surface area contributed by atoms with Crippen LogP contribution >= 0.6 is 11.6 Å². The molecule has 0 saturated heterocycles. The van der Waals surface area contributed by atoms with Gasteiger partial charge < -0.3 is 10.3 Å². The van der Waals surface area contributed by atoms with Gasteiger partial charge in [0.25, 0.3) is 5.89 Å². The fraction of sp³-hybridized carbons (Fsp3) is 0.529. The summed E-state index contributed by atoms with van der Waals surface area (Å²) in [7, 11) is -2.11. The van der Waals surface area contributed by atoms with Gasteiger partial charge in [0, 0.05) is 13.1 Å². The van der Waals surface area contributed by atoms with E-state index < -0.39 is 15.6 Å². The molecule has 0 radical (unpaired) electrons. The molecule has 1 saturated carbocycles. The van der Waals surface area contributed by atoms with Crippen LogP contribution in [-0.4, -0.2) is 36.0 Å². The maximum absolute atomic E-state index is 12.7. The van der Waals surface area contributed by atoms with Crippen molar-refractivity contribution < 1.29 is 12.9 Å². The summed E-state index contributed by atoms with van der Waals surface area (Å²) in [6.07, 6.45) is 3.65. The molecule has 3 rings (SSSR count). The summed E-state index contributed by atoms with van der Waals surface area (Å²) < 4.78 is 32.1. The molecule has 0 amide bonds. The Labute approximate surface area is 158 Å². The van der Waals surface area contributed by atoms with Crippen molar-refractivity contribution in [3.63, 3.8) is 0 Å². The van der Waals surface area contributed by atoms with Gasteiger partial charge in [-0.3, -0.25) is 0 Å².